The largest absolute Gasteiger partial charge is 0.480 e. The van der Waals surface area contributed by atoms with E-state index >= 15 is 0 Å². The van der Waals surface area contributed by atoms with Gasteiger partial charge in [-0.1, -0.05) is 0 Å². The van der Waals surface area contributed by atoms with Crippen LogP contribution in [0.25, 0.3) is 0 Å². The van der Waals surface area contributed by atoms with Crippen LogP contribution in [0.3, 0.4) is 0 Å². The van der Waals surface area contributed by atoms with Crippen molar-refractivity contribution in [2.45, 2.75) is 23.3 Å². The lowest BCUT2D eigenvalue weighted by Gasteiger charge is -2.02. The molecule has 1 heterocycles. The second kappa shape index (κ2) is 3.13. The average Bonchev–Trinajstić information content (AvgIpc) is 2.33. The fraction of sp³-hybridized carbons (Fsp3) is 0.667. The van der Waals surface area contributed by atoms with Gasteiger partial charge in [-0.15, -0.1) is 11.8 Å². The Hall–Kier alpha value is -0.710. The Balaban J connectivity index is 2.47. The van der Waals surface area contributed by atoms with E-state index in [9.17, 15) is 9.59 Å². The molecule has 0 radical (unpaired) electrons. The molecule has 1 fully saturated rings. The molecule has 0 bridgehead atoms. The van der Waals surface area contributed by atoms with E-state index in [1.165, 1.54) is 0 Å². The van der Waals surface area contributed by atoms with E-state index in [0.717, 1.165) is 11.8 Å². The number of hydrogen-bond acceptors (Lipinski definition) is 3. The van der Waals surface area contributed by atoms with E-state index in [1.54, 1.807) is 0 Å². The van der Waals surface area contributed by atoms with Crippen LogP contribution in [-0.2, 0) is 9.59 Å². The van der Waals surface area contributed by atoms with Gasteiger partial charge in [0.05, 0.1) is 5.25 Å². The van der Waals surface area contributed by atoms with E-state index in [4.69, 9.17) is 10.8 Å². The number of nitrogens with two attached hydrogens (primary N) is 1. The molecule has 0 aromatic heterocycles. The number of primary amides is 1. The van der Waals surface area contributed by atoms with E-state index in [1.807, 2.05) is 0 Å². The third kappa shape index (κ3) is 1.86. The molecule has 1 aliphatic heterocycles. The number of carbonyl (C=O) groups is 2. The minimum atomic E-state index is -0.848. The van der Waals surface area contributed by atoms with Crippen LogP contribution in [0.5, 0.6) is 0 Å². The molecule has 62 valence electrons. The first-order valence-corrected chi connectivity index (χ1v) is 4.23. The molecule has 4 nitrogen and oxygen atoms in total. The second-order valence-electron chi connectivity index (χ2n) is 2.43. The minimum Gasteiger partial charge on any atom is -0.480 e. The van der Waals surface area contributed by atoms with Crippen molar-refractivity contribution in [3.05, 3.63) is 0 Å². The fourth-order valence-corrected chi connectivity index (χ4v) is 2.22. The van der Waals surface area contributed by atoms with Crippen molar-refractivity contribution in [1.29, 1.82) is 0 Å². The molecule has 0 spiro atoms. The Morgan fingerprint density at radius 3 is 2.18 bits per heavy atom. The summed E-state index contributed by atoms with van der Waals surface area (Å²) in [5, 5.41) is 7.81. The predicted octanol–water partition coefficient (Wildman–Crippen LogP) is -0.180. The van der Waals surface area contributed by atoms with Gasteiger partial charge in [0, 0.05) is 0 Å². The molecule has 0 unspecified atom stereocenters. The molecule has 0 saturated carbocycles. The Morgan fingerprint density at radius 2 is 1.91 bits per heavy atom. The van der Waals surface area contributed by atoms with Gasteiger partial charge in [0.25, 0.3) is 0 Å². The number of carbonyl (C=O) groups excluding carboxylic acids is 1. The van der Waals surface area contributed by atoms with Crippen LogP contribution < -0.4 is 5.73 Å². The van der Waals surface area contributed by atoms with E-state index in [2.05, 4.69) is 0 Å². The molecule has 0 aliphatic carbocycles. The highest BCUT2D eigenvalue weighted by Crippen LogP contribution is 2.33. The van der Waals surface area contributed by atoms with Crippen LogP contribution in [-0.4, -0.2) is 27.5 Å². The fourth-order valence-electron chi connectivity index (χ4n) is 1.03. The second-order valence-corrected chi connectivity index (χ2v) is 3.84. The van der Waals surface area contributed by atoms with Crippen LogP contribution in [0.1, 0.15) is 12.8 Å². The maximum absolute atomic E-state index is 10.6. The van der Waals surface area contributed by atoms with Gasteiger partial charge in [0.2, 0.25) is 5.91 Å². The molecule has 5 heteroatoms. The summed E-state index contributed by atoms with van der Waals surface area (Å²) >= 11 is 1.15. The van der Waals surface area contributed by atoms with Crippen LogP contribution >= 0.6 is 11.8 Å². The molecular formula is C6H9NO3S. The van der Waals surface area contributed by atoms with Crippen molar-refractivity contribution < 1.29 is 14.7 Å². The topological polar surface area (TPSA) is 80.4 Å². The Kier molecular flexibility index (Phi) is 2.38. The summed E-state index contributed by atoms with van der Waals surface area (Å²) in [5.41, 5.74) is 5.01. The predicted molar refractivity (Wildman–Crippen MR) is 41.2 cm³/mol. The molecular weight excluding hydrogens is 166 g/mol. The van der Waals surface area contributed by atoms with E-state index in [-0.39, 0.29) is 5.25 Å². The number of hydrogen-bond donors (Lipinski definition) is 2. The molecule has 11 heavy (non-hydrogen) atoms. The van der Waals surface area contributed by atoms with Crippen molar-refractivity contribution in [2.24, 2.45) is 5.73 Å². The summed E-state index contributed by atoms with van der Waals surface area (Å²) < 4.78 is 0. The lowest BCUT2D eigenvalue weighted by atomic mass is 10.2. The Labute approximate surface area is 68.1 Å². The number of carboxylic acids is 1. The summed E-state index contributed by atoms with van der Waals surface area (Å²) in [4.78, 5) is 21.0. The summed E-state index contributed by atoms with van der Waals surface area (Å²) in [6.07, 6.45) is 1.14. The first-order chi connectivity index (χ1) is 5.11. The van der Waals surface area contributed by atoms with E-state index in [0.29, 0.717) is 12.8 Å². The Morgan fingerprint density at radius 1 is 1.36 bits per heavy atom. The molecule has 1 aliphatic rings. The van der Waals surface area contributed by atoms with Crippen LogP contribution in [0.2, 0.25) is 0 Å². The maximum atomic E-state index is 10.6. The van der Waals surface area contributed by atoms with E-state index < -0.39 is 17.1 Å². The lowest BCUT2D eigenvalue weighted by molar-refractivity contribution is -0.136. The number of aliphatic carboxylic acids is 1. The highest BCUT2D eigenvalue weighted by molar-refractivity contribution is 8.02. The summed E-state index contributed by atoms with van der Waals surface area (Å²) in [6.45, 7) is 0. The van der Waals surface area contributed by atoms with Gasteiger partial charge in [-0.25, -0.2) is 0 Å². The minimum absolute atomic E-state index is 0.295. The molecule has 2 atom stereocenters. The van der Waals surface area contributed by atoms with Gasteiger partial charge >= 0.3 is 5.97 Å². The number of amides is 1. The quantitative estimate of drug-likeness (QED) is 0.610. The number of carboxylic acid groups (broad SMARTS) is 1. The zero-order chi connectivity index (χ0) is 8.43. The lowest BCUT2D eigenvalue weighted by Crippen LogP contribution is -2.23. The van der Waals surface area contributed by atoms with Crippen molar-refractivity contribution in [2.75, 3.05) is 0 Å². The normalized spacial score (nSPS) is 30.2. The summed E-state index contributed by atoms with van der Waals surface area (Å²) in [6, 6.07) is 0. The summed E-state index contributed by atoms with van der Waals surface area (Å²) in [5.74, 6) is -1.25. The zero-order valence-corrected chi connectivity index (χ0v) is 6.63. The van der Waals surface area contributed by atoms with Gasteiger partial charge in [-0.3, -0.25) is 9.59 Å². The first-order valence-electron chi connectivity index (χ1n) is 3.29. The molecule has 1 rings (SSSR count). The van der Waals surface area contributed by atoms with Gasteiger partial charge in [0.1, 0.15) is 5.25 Å². The maximum Gasteiger partial charge on any atom is 0.316 e. The zero-order valence-electron chi connectivity index (χ0n) is 5.82. The first kappa shape index (κ1) is 8.39. The Bertz CT molecular complexity index is 174. The van der Waals surface area contributed by atoms with Crippen LogP contribution in [0, 0.1) is 0 Å². The molecule has 3 N–H and O–H groups in total. The monoisotopic (exact) mass is 175 g/mol. The van der Waals surface area contributed by atoms with Crippen LogP contribution in [0.15, 0.2) is 0 Å². The van der Waals surface area contributed by atoms with Crippen molar-refractivity contribution in [1.82, 2.24) is 0 Å². The van der Waals surface area contributed by atoms with Crippen molar-refractivity contribution in [3.63, 3.8) is 0 Å². The number of thioether (sulfide) groups is 1. The van der Waals surface area contributed by atoms with Crippen molar-refractivity contribution >= 4 is 23.6 Å². The molecule has 1 amide bonds. The summed E-state index contributed by atoms with van der Waals surface area (Å²) in [7, 11) is 0. The van der Waals surface area contributed by atoms with Gasteiger partial charge in [-0.05, 0) is 12.8 Å². The van der Waals surface area contributed by atoms with Crippen molar-refractivity contribution in [3.8, 4) is 0 Å². The molecule has 0 aromatic carbocycles. The highest BCUT2D eigenvalue weighted by Gasteiger charge is 2.33. The number of rotatable bonds is 2. The van der Waals surface area contributed by atoms with Gasteiger partial charge < -0.3 is 10.8 Å². The standard InChI is InChI=1S/C6H9NO3S/c7-5(8)3-1-2-4(11-3)6(9)10/h3-4H,1-2H2,(H2,7,8)(H,9,10)/t3-,4-/m0/s1. The average molecular weight is 175 g/mol. The van der Waals surface area contributed by atoms with Gasteiger partial charge in [-0.2, -0.15) is 0 Å². The molecule has 0 aromatic rings. The SMILES string of the molecule is NC(=O)[C@@H]1CC[C@@H](C(=O)O)S1. The third-order valence-corrected chi connectivity index (χ3v) is 3.17. The molecule has 1 saturated heterocycles. The third-order valence-electron chi connectivity index (χ3n) is 1.61. The van der Waals surface area contributed by atoms with Gasteiger partial charge in [0.15, 0.2) is 0 Å². The highest BCUT2D eigenvalue weighted by atomic mass is 32.2. The van der Waals surface area contributed by atoms with Crippen LogP contribution in [0.4, 0.5) is 0 Å². The smallest absolute Gasteiger partial charge is 0.316 e.